The minimum Gasteiger partial charge on any atom is -0.490 e. The zero-order chi connectivity index (χ0) is 14.6. The molecule has 0 aliphatic carbocycles. The highest BCUT2D eigenvalue weighted by Crippen LogP contribution is 2.26. The summed E-state index contributed by atoms with van der Waals surface area (Å²) in [6, 6.07) is 5.95. The van der Waals surface area contributed by atoms with Gasteiger partial charge in [0.25, 0.3) is 0 Å². The van der Waals surface area contributed by atoms with Crippen LogP contribution in [-0.2, 0) is 9.53 Å². The van der Waals surface area contributed by atoms with Crippen molar-refractivity contribution in [3.05, 3.63) is 30.1 Å². The van der Waals surface area contributed by atoms with Crippen molar-refractivity contribution in [2.45, 2.75) is 12.0 Å². The van der Waals surface area contributed by atoms with Crippen molar-refractivity contribution in [3.8, 4) is 5.75 Å². The number of methoxy groups -OCH3 is 1. The Labute approximate surface area is 117 Å². The van der Waals surface area contributed by atoms with Crippen LogP contribution in [-0.4, -0.2) is 49.8 Å². The van der Waals surface area contributed by atoms with Crippen molar-refractivity contribution in [2.75, 3.05) is 33.4 Å². The second kappa shape index (κ2) is 6.19. The van der Waals surface area contributed by atoms with Crippen molar-refractivity contribution >= 4 is 5.91 Å². The molecule has 1 aromatic carbocycles. The maximum atomic E-state index is 13.1. The lowest BCUT2D eigenvalue weighted by atomic mass is 10.0. The minimum absolute atomic E-state index is 0.00938. The van der Waals surface area contributed by atoms with Gasteiger partial charge in [-0.05, 0) is 18.6 Å². The molecule has 0 saturated carbocycles. The number of carbonyl (C=O) groups is 1. The molecule has 1 amide bonds. The summed E-state index contributed by atoms with van der Waals surface area (Å²) >= 11 is 0. The highest BCUT2D eigenvalue weighted by molar-refractivity contribution is 5.78. The van der Waals surface area contributed by atoms with Gasteiger partial charge in [0.2, 0.25) is 5.91 Å². The first kappa shape index (κ1) is 14.7. The monoisotopic (exact) mass is 282 g/mol. The smallest absolute Gasteiger partial charge is 0.236 e. The number of hydrogen-bond donors (Lipinski definition) is 1. The van der Waals surface area contributed by atoms with E-state index in [1.807, 2.05) is 0 Å². The molecule has 0 spiro atoms. The first-order valence-electron chi connectivity index (χ1n) is 6.50. The molecule has 1 fully saturated rings. The quantitative estimate of drug-likeness (QED) is 0.867. The number of likely N-dealkylation sites (tertiary alicyclic amines) is 1. The molecule has 110 valence electrons. The Morgan fingerprint density at radius 2 is 2.35 bits per heavy atom. The number of nitrogens with two attached hydrogens (primary N) is 1. The average Bonchev–Trinajstić information content (AvgIpc) is 2.90. The van der Waals surface area contributed by atoms with Crippen LogP contribution in [0.2, 0.25) is 0 Å². The number of halogens is 1. The summed E-state index contributed by atoms with van der Waals surface area (Å²) in [5, 5.41) is 0. The molecule has 1 aromatic rings. The molecule has 0 radical (unpaired) electrons. The van der Waals surface area contributed by atoms with E-state index in [0.29, 0.717) is 25.3 Å². The van der Waals surface area contributed by atoms with Crippen molar-refractivity contribution in [1.29, 1.82) is 0 Å². The van der Waals surface area contributed by atoms with E-state index in [2.05, 4.69) is 0 Å². The molecule has 1 aliphatic rings. The van der Waals surface area contributed by atoms with Gasteiger partial charge in [0, 0.05) is 19.7 Å². The Hall–Kier alpha value is -1.66. The van der Waals surface area contributed by atoms with Crippen LogP contribution in [0.3, 0.4) is 0 Å². The van der Waals surface area contributed by atoms with Gasteiger partial charge in [-0.2, -0.15) is 0 Å². The Kier molecular flexibility index (Phi) is 4.57. The molecule has 1 unspecified atom stereocenters. The summed E-state index contributed by atoms with van der Waals surface area (Å²) in [5.41, 5.74) is 4.80. The lowest BCUT2D eigenvalue weighted by Crippen LogP contribution is -2.43. The fraction of sp³-hybridized carbons (Fsp3) is 0.500. The third-order valence-corrected chi connectivity index (χ3v) is 3.57. The highest BCUT2D eigenvalue weighted by Gasteiger charge is 2.40. The number of benzene rings is 1. The Balaban J connectivity index is 1.97. The number of rotatable bonds is 5. The van der Waals surface area contributed by atoms with Crippen LogP contribution in [0.1, 0.15) is 6.42 Å². The topological polar surface area (TPSA) is 64.8 Å². The van der Waals surface area contributed by atoms with Crippen molar-refractivity contribution in [2.24, 2.45) is 5.73 Å². The standard InChI is InChI=1S/C14H19FN2O3/c1-19-14(5-6-17(9-14)13(18)8-16)10-20-12-4-2-3-11(15)7-12/h2-4,7H,5-6,8-10,16H2,1H3. The fourth-order valence-corrected chi connectivity index (χ4v) is 2.30. The van der Waals surface area contributed by atoms with Crippen LogP contribution in [0.25, 0.3) is 0 Å². The predicted octanol–water partition coefficient (Wildman–Crippen LogP) is 0.781. The van der Waals surface area contributed by atoms with E-state index in [1.165, 1.54) is 12.1 Å². The van der Waals surface area contributed by atoms with Gasteiger partial charge in [-0.25, -0.2) is 4.39 Å². The molecule has 2 N–H and O–H groups in total. The molecule has 20 heavy (non-hydrogen) atoms. The molecule has 1 aliphatic heterocycles. The number of carbonyl (C=O) groups excluding carboxylic acids is 1. The normalized spacial score (nSPS) is 22.1. The van der Waals surface area contributed by atoms with Crippen molar-refractivity contribution < 1.29 is 18.7 Å². The van der Waals surface area contributed by atoms with Gasteiger partial charge in [0.1, 0.15) is 23.8 Å². The van der Waals surface area contributed by atoms with Crippen LogP contribution in [0.4, 0.5) is 4.39 Å². The molecule has 0 aromatic heterocycles. The van der Waals surface area contributed by atoms with E-state index < -0.39 is 5.60 Å². The zero-order valence-corrected chi connectivity index (χ0v) is 11.5. The van der Waals surface area contributed by atoms with Gasteiger partial charge < -0.3 is 20.1 Å². The summed E-state index contributed by atoms with van der Waals surface area (Å²) in [6.07, 6.45) is 0.671. The Morgan fingerprint density at radius 1 is 1.55 bits per heavy atom. The molecular weight excluding hydrogens is 263 g/mol. The molecule has 1 saturated heterocycles. The van der Waals surface area contributed by atoms with Gasteiger partial charge in [-0.1, -0.05) is 6.07 Å². The molecule has 6 heteroatoms. The van der Waals surface area contributed by atoms with Gasteiger partial charge in [0.15, 0.2) is 0 Å². The highest BCUT2D eigenvalue weighted by atomic mass is 19.1. The lowest BCUT2D eigenvalue weighted by molar-refractivity contribution is -0.130. The van der Waals surface area contributed by atoms with Gasteiger partial charge in [-0.3, -0.25) is 4.79 Å². The van der Waals surface area contributed by atoms with E-state index in [9.17, 15) is 9.18 Å². The lowest BCUT2D eigenvalue weighted by Gasteiger charge is -2.27. The Morgan fingerprint density at radius 3 is 3.00 bits per heavy atom. The van der Waals surface area contributed by atoms with Crippen molar-refractivity contribution in [3.63, 3.8) is 0 Å². The summed E-state index contributed by atoms with van der Waals surface area (Å²) in [5.74, 6) is 0.0000294. The van der Waals surface area contributed by atoms with Crippen LogP contribution in [0.5, 0.6) is 5.75 Å². The van der Waals surface area contributed by atoms with E-state index in [1.54, 1.807) is 24.1 Å². The van der Waals surface area contributed by atoms with E-state index in [4.69, 9.17) is 15.2 Å². The summed E-state index contributed by atoms with van der Waals surface area (Å²) < 4.78 is 24.2. The number of ether oxygens (including phenoxy) is 2. The molecule has 2 rings (SSSR count). The maximum Gasteiger partial charge on any atom is 0.236 e. The SMILES string of the molecule is COC1(COc2cccc(F)c2)CCN(C(=O)CN)C1. The number of nitrogens with zero attached hydrogens (tertiary/aromatic N) is 1. The predicted molar refractivity (Wildman–Crippen MR) is 71.9 cm³/mol. The third kappa shape index (κ3) is 3.26. The largest absolute Gasteiger partial charge is 0.490 e. The average molecular weight is 282 g/mol. The van der Waals surface area contributed by atoms with Crippen LogP contribution in [0, 0.1) is 5.82 Å². The molecule has 5 nitrogen and oxygen atoms in total. The van der Waals surface area contributed by atoms with Gasteiger partial charge in [0.05, 0.1) is 13.1 Å². The second-order valence-corrected chi connectivity index (χ2v) is 4.90. The summed E-state index contributed by atoms with van der Waals surface area (Å²) in [6.45, 7) is 1.29. The third-order valence-electron chi connectivity index (χ3n) is 3.57. The first-order chi connectivity index (χ1) is 9.58. The molecule has 0 bridgehead atoms. The number of hydrogen-bond acceptors (Lipinski definition) is 4. The van der Waals surface area contributed by atoms with E-state index in [0.717, 1.165) is 0 Å². The molecular formula is C14H19FN2O3. The summed E-state index contributed by atoms with van der Waals surface area (Å²) in [4.78, 5) is 13.3. The van der Waals surface area contributed by atoms with Gasteiger partial charge >= 0.3 is 0 Å². The van der Waals surface area contributed by atoms with Crippen LogP contribution >= 0.6 is 0 Å². The maximum absolute atomic E-state index is 13.1. The number of amides is 1. The van der Waals surface area contributed by atoms with E-state index in [-0.39, 0.29) is 24.9 Å². The molecule has 1 atom stereocenters. The minimum atomic E-state index is -0.558. The molecule has 1 heterocycles. The second-order valence-electron chi connectivity index (χ2n) is 4.90. The van der Waals surface area contributed by atoms with E-state index >= 15 is 0 Å². The Bertz CT molecular complexity index is 483. The summed E-state index contributed by atoms with van der Waals surface area (Å²) in [7, 11) is 1.59. The van der Waals surface area contributed by atoms with Gasteiger partial charge in [-0.15, -0.1) is 0 Å². The van der Waals surface area contributed by atoms with Crippen molar-refractivity contribution in [1.82, 2.24) is 4.90 Å². The zero-order valence-electron chi connectivity index (χ0n) is 11.5. The first-order valence-corrected chi connectivity index (χ1v) is 6.50. The van der Waals surface area contributed by atoms with Crippen LogP contribution in [0.15, 0.2) is 24.3 Å². The fourth-order valence-electron chi connectivity index (χ4n) is 2.30. The van der Waals surface area contributed by atoms with Crippen LogP contribution < -0.4 is 10.5 Å².